The highest BCUT2D eigenvalue weighted by atomic mass is 35.5. The van der Waals surface area contributed by atoms with Crippen LogP contribution in [-0.4, -0.2) is 49.1 Å². The van der Waals surface area contributed by atoms with Gasteiger partial charge < -0.3 is 24.2 Å². The van der Waals surface area contributed by atoms with E-state index in [0.29, 0.717) is 28.6 Å². The second-order valence-corrected chi connectivity index (χ2v) is 8.61. The number of nitrogens with zero attached hydrogens (tertiary/aromatic N) is 1. The first-order chi connectivity index (χ1) is 16.0. The van der Waals surface area contributed by atoms with Gasteiger partial charge in [0.05, 0.1) is 31.1 Å². The van der Waals surface area contributed by atoms with Crippen molar-refractivity contribution >= 4 is 17.4 Å². The molecule has 0 spiro atoms. The van der Waals surface area contributed by atoms with E-state index in [-0.39, 0.29) is 31.1 Å². The molecule has 1 aliphatic rings. The van der Waals surface area contributed by atoms with Crippen molar-refractivity contribution in [2.24, 2.45) is 5.92 Å². The van der Waals surface area contributed by atoms with E-state index >= 15 is 0 Å². The van der Waals surface area contributed by atoms with Gasteiger partial charge in [-0.05, 0) is 67.9 Å². The summed E-state index contributed by atoms with van der Waals surface area (Å²) in [5.74, 6) is 1.74. The quantitative estimate of drug-likeness (QED) is 0.411. The van der Waals surface area contributed by atoms with Gasteiger partial charge >= 0.3 is 0 Å². The number of ketones is 1. The molecule has 0 aromatic heterocycles. The van der Waals surface area contributed by atoms with E-state index in [1.807, 2.05) is 24.3 Å². The van der Waals surface area contributed by atoms with Crippen LogP contribution < -0.4 is 14.2 Å². The number of carbonyl (C=O) groups excluding carboxylic acids is 1. The molecular formula is C26H32ClNO5. The van der Waals surface area contributed by atoms with Crippen molar-refractivity contribution in [2.75, 3.05) is 33.4 Å². The average Bonchev–Trinajstić information content (AvgIpc) is 3.33. The fourth-order valence-electron chi connectivity index (χ4n) is 4.08. The summed E-state index contributed by atoms with van der Waals surface area (Å²) < 4.78 is 16.1. The van der Waals surface area contributed by atoms with Gasteiger partial charge in [-0.2, -0.15) is 0 Å². The van der Waals surface area contributed by atoms with Gasteiger partial charge in [-0.15, -0.1) is 0 Å². The zero-order valence-corrected chi connectivity index (χ0v) is 19.8. The molecule has 3 rings (SSSR count). The van der Waals surface area contributed by atoms with Gasteiger partial charge in [-0.3, -0.25) is 4.79 Å². The first kappa shape index (κ1) is 25.1. The molecule has 7 heteroatoms. The third kappa shape index (κ3) is 7.49. The van der Waals surface area contributed by atoms with Crippen molar-refractivity contribution in [3.05, 3.63) is 65.9 Å². The van der Waals surface area contributed by atoms with Gasteiger partial charge in [0.15, 0.2) is 0 Å². The lowest BCUT2D eigenvalue weighted by Crippen LogP contribution is -2.32. The summed E-state index contributed by atoms with van der Waals surface area (Å²) in [6, 6.07) is 12.4. The lowest BCUT2D eigenvalue weighted by molar-refractivity contribution is -0.121. The zero-order chi connectivity index (χ0) is 23.6. The molecule has 0 radical (unpaired) electrons. The predicted octanol–water partition coefficient (Wildman–Crippen LogP) is 5.04. The van der Waals surface area contributed by atoms with Gasteiger partial charge in [-0.25, -0.2) is 0 Å². The molecule has 2 aromatic rings. The first-order valence-corrected chi connectivity index (χ1v) is 11.6. The maximum atomic E-state index is 12.8. The highest BCUT2D eigenvalue weighted by Gasteiger charge is 2.27. The number of benzene rings is 2. The Morgan fingerprint density at radius 2 is 1.88 bits per heavy atom. The molecule has 1 heterocycles. The molecule has 2 atom stereocenters. The molecule has 1 aliphatic heterocycles. The van der Waals surface area contributed by atoms with E-state index in [9.17, 15) is 9.90 Å². The van der Waals surface area contributed by atoms with Gasteiger partial charge in [-0.1, -0.05) is 24.2 Å². The lowest BCUT2D eigenvalue weighted by atomic mass is 9.90. The molecular weight excluding hydrogens is 442 g/mol. The van der Waals surface area contributed by atoms with E-state index < -0.39 is 6.10 Å². The largest absolute Gasteiger partial charge is 0.497 e. The molecule has 1 fully saturated rings. The van der Waals surface area contributed by atoms with Gasteiger partial charge in [0.1, 0.15) is 23.0 Å². The summed E-state index contributed by atoms with van der Waals surface area (Å²) >= 11 is 6.29. The fourth-order valence-corrected chi connectivity index (χ4v) is 4.31. The number of hydrogen-bond acceptors (Lipinski definition) is 6. The van der Waals surface area contributed by atoms with Crippen LogP contribution in [-0.2, 0) is 4.79 Å². The third-order valence-electron chi connectivity index (χ3n) is 5.84. The number of aliphatic hydroxyl groups excluding tert-OH is 1. The van der Waals surface area contributed by atoms with Crippen LogP contribution in [0.4, 0.5) is 0 Å². The first-order valence-electron chi connectivity index (χ1n) is 11.3. The van der Waals surface area contributed by atoms with Crippen LogP contribution in [0.1, 0.15) is 37.4 Å². The summed E-state index contributed by atoms with van der Waals surface area (Å²) in [6.45, 7) is 6.47. The van der Waals surface area contributed by atoms with E-state index in [2.05, 4.69) is 11.5 Å². The lowest BCUT2D eigenvalue weighted by Gasteiger charge is -2.27. The average molecular weight is 474 g/mol. The number of carbonyl (C=O) groups is 1. The molecule has 178 valence electrons. The van der Waals surface area contributed by atoms with Crippen LogP contribution in [0.15, 0.2) is 55.3 Å². The van der Waals surface area contributed by atoms with Crippen LogP contribution in [0.2, 0.25) is 5.02 Å². The molecule has 1 saturated heterocycles. The minimum Gasteiger partial charge on any atom is -0.497 e. The number of aliphatic hydroxyl groups is 1. The van der Waals surface area contributed by atoms with Crippen LogP contribution in [0.5, 0.6) is 17.2 Å². The topological polar surface area (TPSA) is 68.2 Å². The SMILES string of the molecule is C=COc1ccc([C@@H](O)C(CC(=O)CCOc2ccc(OC)cc2)CN2CCCC2)cc1Cl. The normalized spacial score (nSPS) is 15.6. The molecule has 2 aromatic carbocycles. The molecule has 6 nitrogen and oxygen atoms in total. The Kier molecular flexibility index (Phi) is 9.61. The van der Waals surface area contributed by atoms with Crippen molar-refractivity contribution in [2.45, 2.75) is 31.8 Å². The third-order valence-corrected chi connectivity index (χ3v) is 6.14. The van der Waals surface area contributed by atoms with Crippen LogP contribution >= 0.6 is 11.6 Å². The van der Waals surface area contributed by atoms with Crippen molar-refractivity contribution in [1.29, 1.82) is 0 Å². The van der Waals surface area contributed by atoms with Crippen molar-refractivity contribution < 1.29 is 24.1 Å². The molecule has 0 bridgehead atoms. The number of likely N-dealkylation sites (tertiary alicyclic amines) is 1. The van der Waals surface area contributed by atoms with E-state index in [0.717, 1.165) is 31.7 Å². The van der Waals surface area contributed by atoms with Gasteiger partial charge in [0.2, 0.25) is 0 Å². The Labute approximate surface area is 200 Å². The number of halogens is 1. The Morgan fingerprint density at radius 1 is 1.18 bits per heavy atom. The number of methoxy groups -OCH3 is 1. The predicted molar refractivity (Wildman–Crippen MR) is 129 cm³/mol. The number of Topliss-reactive ketones (excluding diaryl/α,β-unsaturated/α-hetero) is 1. The second kappa shape index (κ2) is 12.6. The Morgan fingerprint density at radius 3 is 2.52 bits per heavy atom. The maximum Gasteiger partial charge on any atom is 0.145 e. The highest BCUT2D eigenvalue weighted by Crippen LogP contribution is 2.33. The molecule has 0 aliphatic carbocycles. The monoisotopic (exact) mass is 473 g/mol. The van der Waals surface area contributed by atoms with Gasteiger partial charge in [0.25, 0.3) is 0 Å². The van der Waals surface area contributed by atoms with Crippen molar-refractivity contribution in [3.63, 3.8) is 0 Å². The van der Waals surface area contributed by atoms with Crippen LogP contribution in [0, 0.1) is 5.92 Å². The summed E-state index contributed by atoms with van der Waals surface area (Å²) in [7, 11) is 1.61. The minimum absolute atomic E-state index is 0.0597. The van der Waals surface area contributed by atoms with Crippen molar-refractivity contribution in [1.82, 2.24) is 4.90 Å². The summed E-state index contributed by atoms with van der Waals surface area (Å²) in [5, 5.41) is 11.5. The van der Waals surface area contributed by atoms with Gasteiger partial charge in [0, 0.05) is 25.3 Å². The van der Waals surface area contributed by atoms with Crippen molar-refractivity contribution in [3.8, 4) is 17.2 Å². The fraction of sp³-hybridized carbons (Fsp3) is 0.423. The van der Waals surface area contributed by atoms with E-state index in [1.165, 1.54) is 6.26 Å². The summed E-state index contributed by atoms with van der Waals surface area (Å²) in [4.78, 5) is 15.1. The second-order valence-electron chi connectivity index (χ2n) is 8.20. The minimum atomic E-state index is -0.813. The Bertz CT molecular complexity index is 911. The molecule has 0 saturated carbocycles. The maximum absolute atomic E-state index is 12.8. The number of hydrogen-bond donors (Lipinski definition) is 1. The van der Waals surface area contributed by atoms with Crippen LogP contribution in [0.25, 0.3) is 0 Å². The highest BCUT2D eigenvalue weighted by molar-refractivity contribution is 6.32. The summed E-state index contributed by atoms with van der Waals surface area (Å²) in [5.41, 5.74) is 0.669. The smallest absolute Gasteiger partial charge is 0.145 e. The van der Waals surface area contributed by atoms with Crippen LogP contribution in [0.3, 0.4) is 0 Å². The molecule has 1 N–H and O–H groups in total. The Hall–Kier alpha value is -2.54. The molecule has 33 heavy (non-hydrogen) atoms. The Balaban J connectivity index is 1.60. The number of ether oxygens (including phenoxy) is 3. The van der Waals surface area contributed by atoms with E-state index in [4.69, 9.17) is 25.8 Å². The summed E-state index contributed by atoms with van der Waals surface area (Å²) in [6.07, 6.45) is 3.33. The molecule has 1 unspecified atom stereocenters. The molecule has 0 amide bonds. The van der Waals surface area contributed by atoms with E-state index in [1.54, 1.807) is 25.3 Å². The number of rotatable bonds is 13. The standard InChI is InChI=1S/C26H32ClNO5/c1-3-32-25-11-6-19(17-24(25)27)26(30)20(18-28-13-4-5-14-28)16-21(29)12-15-33-23-9-7-22(31-2)8-10-23/h3,6-11,17,20,26,30H,1,4-5,12-16,18H2,2H3/t20?,26-/m1/s1. The zero-order valence-electron chi connectivity index (χ0n) is 19.0.